The van der Waals surface area contributed by atoms with Gasteiger partial charge in [0.25, 0.3) is 5.91 Å². The van der Waals surface area contributed by atoms with E-state index in [0.29, 0.717) is 24.0 Å². The van der Waals surface area contributed by atoms with Crippen molar-refractivity contribution >= 4 is 44.2 Å². The van der Waals surface area contributed by atoms with E-state index >= 15 is 0 Å². The van der Waals surface area contributed by atoms with Crippen molar-refractivity contribution in [3.63, 3.8) is 0 Å². The molecule has 0 unspecified atom stereocenters. The van der Waals surface area contributed by atoms with E-state index in [9.17, 15) is 9.18 Å². The van der Waals surface area contributed by atoms with Gasteiger partial charge in [0.2, 0.25) is 0 Å². The number of aryl methyl sites for hydroxylation is 1. The van der Waals surface area contributed by atoms with Crippen LogP contribution in [0.3, 0.4) is 0 Å². The maximum absolute atomic E-state index is 13.1. The number of hydrogen-bond acceptors (Lipinski definition) is 5. The molecule has 0 spiro atoms. The summed E-state index contributed by atoms with van der Waals surface area (Å²) in [5, 5.41) is 7.85. The highest BCUT2D eigenvalue weighted by Gasteiger charge is 2.21. The minimum atomic E-state index is -0.382. The Kier molecular flexibility index (Phi) is 5.69. The van der Waals surface area contributed by atoms with Gasteiger partial charge < -0.3 is 4.74 Å². The second kappa shape index (κ2) is 8.41. The van der Waals surface area contributed by atoms with Crippen LogP contribution in [0.15, 0.2) is 42.5 Å². The average Bonchev–Trinajstić information content (AvgIpc) is 3.23. The van der Waals surface area contributed by atoms with Crippen LogP contribution in [0, 0.1) is 12.7 Å². The third-order valence-electron chi connectivity index (χ3n) is 4.43. The molecule has 1 amide bonds. The number of carbonyl (C=O) groups excluding carboxylic acids is 1. The predicted octanol–water partition coefficient (Wildman–Crippen LogP) is 5.29. The fraction of sp³-hybridized carbons (Fsp3) is 0.190. The minimum Gasteiger partial charge on any atom is -0.494 e. The van der Waals surface area contributed by atoms with Crippen LogP contribution in [0.4, 0.5) is 9.52 Å². The van der Waals surface area contributed by atoms with Crippen LogP contribution in [0.25, 0.3) is 10.2 Å². The normalized spacial score (nSPS) is 11.1. The third kappa shape index (κ3) is 4.15. The second-order valence-electron chi connectivity index (χ2n) is 6.57. The van der Waals surface area contributed by atoms with Crippen molar-refractivity contribution < 1.29 is 13.9 Å². The number of ether oxygens (including phenoxy) is 1. The van der Waals surface area contributed by atoms with Gasteiger partial charge in [-0.3, -0.25) is 10.1 Å². The number of thiazole rings is 1. The number of carbonyl (C=O) groups is 1. The molecule has 154 valence electrons. The van der Waals surface area contributed by atoms with Crippen molar-refractivity contribution in [2.24, 2.45) is 0 Å². The van der Waals surface area contributed by atoms with E-state index in [0.717, 1.165) is 21.5 Å². The maximum Gasteiger partial charge on any atom is 0.262 e. The van der Waals surface area contributed by atoms with Gasteiger partial charge in [-0.25, -0.2) is 14.1 Å². The lowest BCUT2D eigenvalue weighted by molar-refractivity contribution is 0.102. The molecule has 0 atom stereocenters. The standard InChI is InChI=1S/C21H18ClFN4O2S/c1-3-29-15-8-9-16-17(10-15)30-21(24-16)25-20(28)18-12(2)26-27(19(18)22)11-13-4-6-14(23)7-5-13/h4-10H,3,11H2,1-2H3,(H,24,25,28). The first-order valence-electron chi connectivity index (χ1n) is 9.26. The largest absolute Gasteiger partial charge is 0.494 e. The molecule has 6 nitrogen and oxygen atoms in total. The number of aromatic nitrogens is 3. The molecule has 0 aliphatic rings. The van der Waals surface area contributed by atoms with Gasteiger partial charge in [0.1, 0.15) is 16.7 Å². The predicted molar refractivity (Wildman–Crippen MR) is 116 cm³/mol. The van der Waals surface area contributed by atoms with Crippen molar-refractivity contribution in [1.29, 1.82) is 0 Å². The molecule has 0 aliphatic heterocycles. The van der Waals surface area contributed by atoms with Crippen LogP contribution in [-0.2, 0) is 6.54 Å². The molecular weight excluding hydrogens is 427 g/mol. The molecular formula is C21H18ClFN4O2S. The molecule has 2 aromatic heterocycles. The van der Waals surface area contributed by atoms with Crippen molar-refractivity contribution in [2.45, 2.75) is 20.4 Å². The van der Waals surface area contributed by atoms with E-state index in [4.69, 9.17) is 16.3 Å². The maximum atomic E-state index is 13.1. The summed E-state index contributed by atoms with van der Waals surface area (Å²) in [6, 6.07) is 11.6. The first-order valence-corrected chi connectivity index (χ1v) is 10.5. The van der Waals surface area contributed by atoms with Crippen LogP contribution in [-0.4, -0.2) is 27.3 Å². The number of amides is 1. The van der Waals surface area contributed by atoms with Gasteiger partial charge in [-0.2, -0.15) is 5.10 Å². The van der Waals surface area contributed by atoms with Crippen molar-refractivity contribution in [1.82, 2.24) is 14.8 Å². The Morgan fingerprint density at radius 3 is 2.77 bits per heavy atom. The van der Waals surface area contributed by atoms with Crippen molar-refractivity contribution in [3.05, 3.63) is 70.3 Å². The molecule has 0 saturated carbocycles. The summed E-state index contributed by atoms with van der Waals surface area (Å²) in [6.45, 7) is 4.54. The van der Waals surface area contributed by atoms with Gasteiger partial charge in [0.15, 0.2) is 5.13 Å². The van der Waals surface area contributed by atoms with Gasteiger partial charge in [-0.05, 0) is 49.7 Å². The van der Waals surface area contributed by atoms with Gasteiger partial charge in [0, 0.05) is 0 Å². The van der Waals surface area contributed by atoms with Gasteiger partial charge in [-0.1, -0.05) is 35.1 Å². The Hall–Kier alpha value is -2.97. The van der Waals surface area contributed by atoms with Crippen LogP contribution >= 0.6 is 22.9 Å². The number of nitrogens with one attached hydrogen (secondary N) is 1. The highest BCUT2D eigenvalue weighted by atomic mass is 35.5. The molecule has 9 heteroatoms. The van der Waals surface area contributed by atoms with E-state index in [1.807, 2.05) is 25.1 Å². The molecule has 4 aromatic rings. The molecule has 1 N–H and O–H groups in total. The van der Waals surface area contributed by atoms with Crippen molar-refractivity contribution in [3.8, 4) is 5.75 Å². The lowest BCUT2D eigenvalue weighted by Crippen LogP contribution is -2.13. The summed E-state index contributed by atoms with van der Waals surface area (Å²) in [7, 11) is 0. The summed E-state index contributed by atoms with van der Waals surface area (Å²) in [5.41, 5.74) is 2.38. The summed E-state index contributed by atoms with van der Waals surface area (Å²) in [6.07, 6.45) is 0. The highest BCUT2D eigenvalue weighted by Crippen LogP contribution is 2.30. The molecule has 0 aliphatic carbocycles. The lowest BCUT2D eigenvalue weighted by atomic mass is 10.2. The highest BCUT2D eigenvalue weighted by molar-refractivity contribution is 7.22. The summed E-state index contributed by atoms with van der Waals surface area (Å²) < 4.78 is 21.0. The Balaban J connectivity index is 1.55. The number of rotatable bonds is 6. The van der Waals surface area contributed by atoms with Crippen LogP contribution in [0.2, 0.25) is 5.15 Å². The van der Waals surface area contributed by atoms with E-state index in [1.165, 1.54) is 28.2 Å². The molecule has 0 saturated heterocycles. The van der Waals surface area contributed by atoms with Gasteiger partial charge in [0.05, 0.1) is 34.6 Å². The SMILES string of the molecule is CCOc1ccc2nc(NC(=O)c3c(C)nn(Cc4ccc(F)cc4)c3Cl)sc2c1. The topological polar surface area (TPSA) is 69.0 Å². The zero-order valence-corrected chi connectivity index (χ0v) is 17.9. The molecule has 2 aromatic carbocycles. The average molecular weight is 445 g/mol. The fourth-order valence-corrected chi connectivity index (χ4v) is 4.26. The first-order chi connectivity index (χ1) is 14.4. The Labute approximate surface area is 181 Å². The number of nitrogens with zero attached hydrogens (tertiary/aromatic N) is 3. The molecule has 0 bridgehead atoms. The Morgan fingerprint density at radius 1 is 1.27 bits per heavy atom. The number of benzene rings is 2. The van der Waals surface area contributed by atoms with Gasteiger partial charge in [-0.15, -0.1) is 0 Å². The van der Waals surface area contributed by atoms with Gasteiger partial charge >= 0.3 is 0 Å². The quantitative estimate of drug-likeness (QED) is 0.438. The van der Waals surface area contributed by atoms with Crippen LogP contribution < -0.4 is 10.1 Å². The second-order valence-corrected chi connectivity index (χ2v) is 7.96. The minimum absolute atomic E-state index is 0.217. The van der Waals surface area contributed by atoms with E-state index in [1.54, 1.807) is 19.1 Å². The lowest BCUT2D eigenvalue weighted by Gasteiger charge is -2.04. The third-order valence-corrected chi connectivity index (χ3v) is 5.75. The molecule has 4 rings (SSSR count). The van der Waals surface area contributed by atoms with Crippen LogP contribution in [0.1, 0.15) is 28.5 Å². The monoisotopic (exact) mass is 444 g/mol. The number of halogens is 2. The van der Waals surface area contributed by atoms with E-state index in [2.05, 4.69) is 15.4 Å². The smallest absolute Gasteiger partial charge is 0.262 e. The first kappa shape index (κ1) is 20.3. The summed E-state index contributed by atoms with van der Waals surface area (Å²) in [4.78, 5) is 17.3. The molecule has 30 heavy (non-hydrogen) atoms. The summed E-state index contributed by atoms with van der Waals surface area (Å²) >= 11 is 7.79. The van der Waals surface area contributed by atoms with Crippen LogP contribution in [0.5, 0.6) is 5.75 Å². The zero-order chi connectivity index (χ0) is 21.3. The van der Waals surface area contributed by atoms with Crippen molar-refractivity contribution in [2.75, 3.05) is 11.9 Å². The molecule has 2 heterocycles. The van der Waals surface area contributed by atoms with E-state index in [-0.39, 0.29) is 22.4 Å². The number of hydrogen-bond donors (Lipinski definition) is 1. The number of fused-ring (bicyclic) bond motifs is 1. The number of anilines is 1. The van der Waals surface area contributed by atoms with E-state index < -0.39 is 0 Å². The molecule has 0 radical (unpaired) electrons. The fourth-order valence-electron chi connectivity index (χ4n) is 3.05. The Morgan fingerprint density at radius 2 is 2.03 bits per heavy atom. The Bertz CT molecular complexity index is 1220. The summed E-state index contributed by atoms with van der Waals surface area (Å²) in [5.74, 6) is 0.0604. The zero-order valence-electron chi connectivity index (χ0n) is 16.3. The molecule has 0 fully saturated rings.